The fourth-order valence-electron chi connectivity index (χ4n) is 5.71. The molecule has 0 unspecified atom stereocenters. The summed E-state index contributed by atoms with van der Waals surface area (Å²) in [6.07, 6.45) is 1.37. The van der Waals surface area contributed by atoms with Gasteiger partial charge in [-0.3, -0.25) is 14.6 Å². The zero-order valence-corrected chi connectivity index (χ0v) is 37.8. The quantitative estimate of drug-likeness (QED) is 0.156. The van der Waals surface area contributed by atoms with Gasteiger partial charge in [0.05, 0.1) is 24.9 Å². The average Bonchev–Trinajstić information content (AvgIpc) is 3.71. The van der Waals surface area contributed by atoms with Gasteiger partial charge >= 0.3 is 24.4 Å². The Morgan fingerprint density at radius 2 is 1.14 bits per heavy atom. The summed E-state index contributed by atoms with van der Waals surface area (Å²) in [5.41, 5.74) is 0.617. The van der Waals surface area contributed by atoms with Crippen molar-refractivity contribution in [1.29, 1.82) is 0 Å². The molecular formula is C44H66N4O10Si. The Morgan fingerprint density at radius 3 is 1.59 bits per heavy atom. The van der Waals surface area contributed by atoms with E-state index in [9.17, 15) is 24.0 Å². The molecule has 4 rings (SSSR count). The van der Waals surface area contributed by atoms with Crippen LogP contribution < -0.4 is 10.6 Å². The van der Waals surface area contributed by atoms with Crippen LogP contribution in [0.15, 0.2) is 72.5 Å². The topological polar surface area (TPSA) is 162 Å². The second kappa shape index (κ2) is 21.3. The molecule has 0 radical (unpaired) electrons. The van der Waals surface area contributed by atoms with Crippen molar-refractivity contribution in [2.45, 2.75) is 136 Å². The minimum Gasteiger partial charge on any atom is -0.545 e. The van der Waals surface area contributed by atoms with E-state index in [4.69, 9.17) is 23.4 Å². The highest BCUT2D eigenvalue weighted by molar-refractivity contribution is 6.74. The third kappa shape index (κ3) is 17.4. The minimum absolute atomic E-state index is 0.00693. The number of rotatable bonds is 12. The number of Topliss-reactive ketones (excluding diaryl/α,β-unsaturated/α-hetero) is 1. The van der Waals surface area contributed by atoms with Gasteiger partial charge in [-0.05, 0) is 89.7 Å². The number of ether oxygens (including phenoxy) is 4. The molecule has 15 heteroatoms. The number of likely N-dealkylation sites (tertiary alicyclic amines) is 1. The van der Waals surface area contributed by atoms with Crippen molar-refractivity contribution in [2.24, 2.45) is 0 Å². The van der Waals surface area contributed by atoms with E-state index in [0.29, 0.717) is 32.5 Å². The van der Waals surface area contributed by atoms with Crippen LogP contribution in [0, 0.1) is 0 Å². The van der Waals surface area contributed by atoms with Crippen LogP contribution in [0.25, 0.3) is 0 Å². The molecule has 2 heterocycles. The number of benzene rings is 2. The van der Waals surface area contributed by atoms with Gasteiger partial charge in [-0.1, -0.05) is 81.4 Å². The number of hydrogen-bond acceptors (Lipinski definition) is 10. The van der Waals surface area contributed by atoms with Gasteiger partial charge in [0.1, 0.15) is 24.4 Å². The zero-order valence-electron chi connectivity index (χ0n) is 36.8. The molecule has 0 bridgehead atoms. The van der Waals surface area contributed by atoms with Gasteiger partial charge in [-0.2, -0.15) is 0 Å². The van der Waals surface area contributed by atoms with Crippen molar-refractivity contribution in [3.8, 4) is 0 Å². The lowest BCUT2D eigenvalue weighted by Crippen LogP contribution is -2.43. The van der Waals surface area contributed by atoms with Crippen molar-refractivity contribution in [1.82, 2.24) is 20.4 Å². The van der Waals surface area contributed by atoms with Crippen LogP contribution in [0.2, 0.25) is 18.1 Å². The highest BCUT2D eigenvalue weighted by Gasteiger charge is 2.42. The molecule has 1 saturated heterocycles. The molecule has 0 spiro atoms. The Hall–Kier alpha value is -5.05. The molecular weight excluding hydrogens is 773 g/mol. The number of alkyl carbamates (subject to hydrolysis) is 2. The summed E-state index contributed by atoms with van der Waals surface area (Å²) >= 11 is 0. The molecule has 2 atom stereocenters. The molecule has 4 amide bonds. The fourth-order valence-corrected chi connectivity index (χ4v) is 6.80. The molecule has 59 heavy (non-hydrogen) atoms. The van der Waals surface area contributed by atoms with E-state index >= 15 is 0 Å². The fraction of sp³-hybridized carbons (Fsp3) is 0.568. The number of nitrogens with one attached hydrogen (secondary N) is 2. The Kier molecular flexibility index (Phi) is 17.4. The molecule has 2 N–H and O–H groups in total. The SMILES string of the molecule is CC(C)(C)OC(=O)N1CC(=O)C[C@H]1CCNC(=O)OCc1ccccc1.CC(C)(C)OC(=O)N1CC(O[Si](C)(C)C(C)(C)C)=C[C@H]1CCNC(=O)OCc1ccccc1. The number of carbonyl (C=O) groups excluding carboxylic acids is 5. The van der Waals surface area contributed by atoms with Crippen molar-refractivity contribution < 1.29 is 47.3 Å². The summed E-state index contributed by atoms with van der Waals surface area (Å²) in [6, 6.07) is 18.4. The van der Waals surface area contributed by atoms with Gasteiger partial charge in [-0.25, -0.2) is 19.2 Å². The van der Waals surface area contributed by atoms with Crippen molar-refractivity contribution >= 4 is 38.5 Å². The van der Waals surface area contributed by atoms with E-state index in [1.165, 1.54) is 4.90 Å². The summed E-state index contributed by atoms with van der Waals surface area (Å²) in [5.74, 6) is 0.789. The van der Waals surface area contributed by atoms with Crippen molar-refractivity contribution in [2.75, 3.05) is 26.2 Å². The Balaban J connectivity index is 0.000000324. The number of ketones is 1. The standard InChI is InChI=1S/C25H40N2O5Si.C19H26N2O5/c1-24(2,3)31-23(29)27-17-21(32-33(7,8)25(4,5)6)16-20(27)14-15-26-22(28)30-18-19-12-10-9-11-13-19;1-19(2,3)26-18(24)21-12-16(22)11-15(21)9-10-20-17(23)25-13-14-7-5-4-6-8-14/h9-13,16,20H,14-15,17-18H2,1-8H3,(H,26,28);4-8,15H,9-13H2,1-3H3,(H,20,23)/t20-;15-/m11/s1. The Labute approximate surface area is 351 Å². The molecule has 2 aliphatic rings. The van der Waals surface area contributed by atoms with Crippen LogP contribution >= 0.6 is 0 Å². The van der Waals surface area contributed by atoms with E-state index in [-0.39, 0.29) is 55.2 Å². The smallest absolute Gasteiger partial charge is 0.411 e. The molecule has 0 aromatic heterocycles. The highest BCUT2D eigenvalue weighted by Crippen LogP contribution is 2.39. The first-order chi connectivity index (χ1) is 27.4. The number of amides is 4. The summed E-state index contributed by atoms with van der Waals surface area (Å²) in [4.78, 5) is 63.7. The van der Waals surface area contributed by atoms with Crippen LogP contribution in [-0.4, -0.2) is 97.7 Å². The lowest BCUT2D eigenvalue weighted by atomic mass is 10.1. The zero-order chi connectivity index (χ0) is 44.0. The van der Waals surface area contributed by atoms with E-state index in [1.807, 2.05) is 87.5 Å². The third-order valence-electron chi connectivity index (χ3n) is 9.69. The number of carbonyl (C=O) groups is 5. The molecule has 2 aromatic rings. The number of hydrogen-bond donors (Lipinski definition) is 2. The number of nitrogens with zero attached hydrogens (tertiary/aromatic N) is 2. The maximum absolute atomic E-state index is 12.8. The van der Waals surface area contributed by atoms with Gasteiger partial charge < -0.3 is 34.0 Å². The summed E-state index contributed by atoms with van der Waals surface area (Å²) in [6.45, 7) is 23.3. The van der Waals surface area contributed by atoms with Crippen molar-refractivity contribution in [3.63, 3.8) is 0 Å². The predicted molar refractivity (Wildman–Crippen MR) is 228 cm³/mol. The van der Waals surface area contributed by atoms with E-state index in [2.05, 4.69) is 44.5 Å². The largest absolute Gasteiger partial charge is 0.545 e. The minimum atomic E-state index is -2.04. The van der Waals surface area contributed by atoms with Crippen LogP contribution in [0.5, 0.6) is 0 Å². The molecule has 2 aliphatic heterocycles. The first-order valence-corrected chi connectivity index (χ1v) is 23.1. The highest BCUT2D eigenvalue weighted by atomic mass is 28.4. The van der Waals surface area contributed by atoms with E-state index in [1.54, 1.807) is 25.7 Å². The summed E-state index contributed by atoms with van der Waals surface area (Å²) < 4.78 is 27.8. The Bertz CT molecular complexity index is 1730. The lowest BCUT2D eigenvalue weighted by molar-refractivity contribution is -0.117. The van der Waals surface area contributed by atoms with E-state index in [0.717, 1.165) is 16.9 Å². The van der Waals surface area contributed by atoms with Gasteiger partial charge in [0.2, 0.25) is 8.32 Å². The first-order valence-electron chi connectivity index (χ1n) is 20.2. The normalized spacial score (nSPS) is 16.9. The second-order valence-electron chi connectivity index (χ2n) is 18.2. The van der Waals surface area contributed by atoms with Gasteiger partial charge in [0.15, 0.2) is 5.78 Å². The second-order valence-corrected chi connectivity index (χ2v) is 23.0. The summed E-state index contributed by atoms with van der Waals surface area (Å²) in [5, 5.41) is 5.47. The Morgan fingerprint density at radius 1 is 0.678 bits per heavy atom. The predicted octanol–water partition coefficient (Wildman–Crippen LogP) is 8.71. The van der Waals surface area contributed by atoms with Gasteiger partial charge in [-0.15, -0.1) is 0 Å². The average molecular weight is 839 g/mol. The van der Waals surface area contributed by atoms with Crippen LogP contribution in [0.3, 0.4) is 0 Å². The first kappa shape index (κ1) is 48.3. The maximum atomic E-state index is 12.8. The van der Waals surface area contributed by atoms with Crippen LogP contribution in [-0.2, 0) is 41.4 Å². The van der Waals surface area contributed by atoms with Crippen LogP contribution in [0.4, 0.5) is 19.2 Å². The van der Waals surface area contributed by atoms with Gasteiger partial charge in [0, 0.05) is 25.6 Å². The molecule has 14 nitrogen and oxygen atoms in total. The van der Waals surface area contributed by atoms with Crippen LogP contribution in [0.1, 0.15) is 92.7 Å². The molecule has 2 aromatic carbocycles. The molecule has 0 saturated carbocycles. The summed E-state index contributed by atoms with van der Waals surface area (Å²) in [7, 11) is -2.04. The third-order valence-corrected chi connectivity index (χ3v) is 14.1. The maximum Gasteiger partial charge on any atom is 0.411 e. The van der Waals surface area contributed by atoms with E-state index < -0.39 is 37.8 Å². The lowest BCUT2D eigenvalue weighted by Gasteiger charge is -2.37. The monoisotopic (exact) mass is 838 g/mol. The molecule has 326 valence electrons. The molecule has 0 aliphatic carbocycles. The van der Waals surface area contributed by atoms with Crippen molar-refractivity contribution in [3.05, 3.63) is 83.6 Å². The van der Waals surface area contributed by atoms with Gasteiger partial charge in [0.25, 0.3) is 0 Å². The molecule has 1 fully saturated rings.